The molecule has 1 aromatic carbocycles. The summed E-state index contributed by atoms with van der Waals surface area (Å²) in [6, 6.07) is 3.06. The van der Waals surface area contributed by atoms with Crippen LogP contribution in [-0.2, 0) is 6.42 Å². The van der Waals surface area contributed by atoms with Crippen LogP contribution in [0.15, 0.2) is 12.1 Å². The standard InChI is InChI=1S/C15H16N2O4/c1-15(2)6-10-13(12(18)7-15)9-4-8(21-3)5-11(17(19)20)14(9)16-10/h4-5,16H,6-7H2,1-3H3. The van der Waals surface area contributed by atoms with Gasteiger partial charge in [0, 0.05) is 23.1 Å². The van der Waals surface area contributed by atoms with E-state index in [2.05, 4.69) is 4.98 Å². The van der Waals surface area contributed by atoms with E-state index in [0.717, 1.165) is 5.69 Å². The van der Waals surface area contributed by atoms with Crippen molar-refractivity contribution in [1.82, 2.24) is 4.98 Å². The molecule has 0 fully saturated rings. The Morgan fingerprint density at radius 2 is 2.05 bits per heavy atom. The van der Waals surface area contributed by atoms with Gasteiger partial charge in [-0.25, -0.2) is 0 Å². The number of fused-ring (bicyclic) bond motifs is 3. The Labute approximate surface area is 121 Å². The SMILES string of the molecule is COc1cc([N+](=O)[O-])c2[nH]c3c(c2c1)C(=O)CC(C)(C)C3. The smallest absolute Gasteiger partial charge is 0.297 e. The van der Waals surface area contributed by atoms with E-state index in [1.165, 1.54) is 13.2 Å². The van der Waals surface area contributed by atoms with Gasteiger partial charge in [-0.3, -0.25) is 14.9 Å². The lowest BCUT2D eigenvalue weighted by atomic mass is 9.76. The molecule has 1 aliphatic rings. The molecule has 0 radical (unpaired) electrons. The minimum atomic E-state index is -0.456. The Morgan fingerprint density at radius 3 is 2.67 bits per heavy atom. The number of rotatable bonds is 2. The fourth-order valence-corrected chi connectivity index (χ4v) is 3.08. The Balaban J connectivity index is 2.34. The zero-order valence-electron chi connectivity index (χ0n) is 12.1. The third-order valence-corrected chi connectivity index (χ3v) is 3.94. The molecule has 3 rings (SSSR count). The number of Topliss-reactive ketones (excluding diaryl/α,β-unsaturated/α-hetero) is 1. The van der Waals surface area contributed by atoms with Crippen molar-refractivity contribution in [3.63, 3.8) is 0 Å². The van der Waals surface area contributed by atoms with E-state index in [0.29, 0.717) is 35.1 Å². The van der Waals surface area contributed by atoms with E-state index in [4.69, 9.17) is 4.74 Å². The normalized spacial score (nSPS) is 16.8. The summed E-state index contributed by atoms with van der Waals surface area (Å²) >= 11 is 0. The van der Waals surface area contributed by atoms with Gasteiger partial charge in [0.15, 0.2) is 5.78 Å². The van der Waals surface area contributed by atoms with Crippen LogP contribution < -0.4 is 4.74 Å². The van der Waals surface area contributed by atoms with Gasteiger partial charge in [0.05, 0.1) is 18.1 Å². The van der Waals surface area contributed by atoms with Crippen LogP contribution >= 0.6 is 0 Å². The van der Waals surface area contributed by atoms with Crippen LogP contribution in [0.4, 0.5) is 5.69 Å². The van der Waals surface area contributed by atoms with Crippen LogP contribution in [-0.4, -0.2) is 22.8 Å². The number of nitro groups is 1. The number of non-ortho nitro benzene ring substituents is 1. The van der Waals surface area contributed by atoms with Gasteiger partial charge in [-0.15, -0.1) is 0 Å². The summed E-state index contributed by atoms with van der Waals surface area (Å²) in [5, 5.41) is 11.8. The average Bonchev–Trinajstić information content (AvgIpc) is 2.73. The molecule has 110 valence electrons. The molecule has 2 aromatic rings. The van der Waals surface area contributed by atoms with Gasteiger partial charge in [-0.1, -0.05) is 13.8 Å². The van der Waals surface area contributed by atoms with E-state index in [1.807, 2.05) is 13.8 Å². The fourth-order valence-electron chi connectivity index (χ4n) is 3.08. The lowest BCUT2D eigenvalue weighted by Gasteiger charge is -2.28. The summed E-state index contributed by atoms with van der Waals surface area (Å²) in [6.45, 7) is 4.04. The summed E-state index contributed by atoms with van der Waals surface area (Å²) in [7, 11) is 1.45. The van der Waals surface area contributed by atoms with Gasteiger partial charge < -0.3 is 9.72 Å². The molecule has 0 spiro atoms. The number of ketones is 1. The van der Waals surface area contributed by atoms with Crippen molar-refractivity contribution < 1.29 is 14.5 Å². The number of methoxy groups -OCH3 is 1. The maximum Gasteiger partial charge on any atom is 0.297 e. The molecule has 1 aliphatic carbocycles. The van der Waals surface area contributed by atoms with Crippen LogP contribution in [0.25, 0.3) is 10.9 Å². The molecular weight excluding hydrogens is 272 g/mol. The number of hydrogen-bond donors (Lipinski definition) is 1. The minimum Gasteiger partial charge on any atom is -0.496 e. The summed E-state index contributed by atoms with van der Waals surface area (Å²) in [5.74, 6) is 0.406. The van der Waals surface area contributed by atoms with Gasteiger partial charge in [0.25, 0.3) is 5.69 Å². The molecule has 1 heterocycles. The van der Waals surface area contributed by atoms with E-state index in [9.17, 15) is 14.9 Å². The third kappa shape index (κ3) is 2.07. The molecule has 21 heavy (non-hydrogen) atoms. The monoisotopic (exact) mass is 288 g/mol. The highest BCUT2D eigenvalue weighted by molar-refractivity contribution is 6.12. The average molecular weight is 288 g/mol. The van der Waals surface area contributed by atoms with Crippen molar-refractivity contribution in [2.45, 2.75) is 26.7 Å². The third-order valence-electron chi connectivity index (χ3n) is 3.94. The van der Waals surface area contributed by atoms with Crippen LogP contribution in [0.5, 0.6) is 5.75 Å². The maximum atomic E-state index is 12.4. The van der Waals surface area contributed by atoms with Crippen molar-refractivity contribution in [2.24, 2.45) is 5.41 Å². The molecule has 0 bridgehead atoms. The molecule has 0 aliphatic heterocycles. The quantitative estimate of drug-likeness (QED) is 0.679. The minimum absolute atomic E-state index is 0.0232. The molecule has 1 aromatic heterocycles. The topological polar surface area (TPSA) is 85.2 Å². The number of benzene rings is 1. The lowest BCUT2D eigenvalue weighted by Crippen LogP contribution is -2.26. The van der Waals surface area contributed by atoms with Crippen molar-refractivity contribution in [2.75, 3.05) is 7.11 Å². The first-order chi connectivity index (χ1) is 9.82. The predicted octanol–water partition coefficient (Wildman–Crippen LogP) is 3.24. The molecule has 0 saturated carbocycles. The highest BCUT2D eigenvalue weighted by Crippen LogP contribution is 2.41. The van der Waals surface area contributed by atoms with Gasteiger partial charge in [-0.2, -0.15) is 0 Å². The number of carbonyl (C=O) groups excluding carboxylic acids is 1. The second-order valence-corrected chi connectivity index (χ2v) is 6.25. The van der Waals surface area contributed by atoms with Crippen molar-refractivity contribution in [1.29, 1.82) is 0 Å². The molecule has 6 heteroatoms. The first-order valence-electron chi connectivity index (χ1n) is 6.72. The Bertz CT molecular complexity index is 774. The summed E-state index contributed by atoms with van der Waals surface area (Å²) in [4.78, 5) is 26.3. The molecular formula is C15H16N2O4. The Morgan fingerprint density at radius 1 is 1.33 bits per heavy atom. The zero-order chi connectivity index (χ0) is 15.4. The zero-order valence-corrected chi connectivity index (χ0v) is 12.1. The van der Waals surface area contributed by atoms with E-state index in [1.54, 1.807) is 6.07 Å². The molecule has 0 unspecified atom stereocenters. The summed E-state index contributed by atoms with van der Waals surface area (Å²) < 4.78 is 5.12. The Hall–Kier alpha value is -2.37. The number of aromatic nitrogens is 1. The second kappa shape index (κ2) is 4.31. The van der Waals surface area contributed by atoms with Crippen molar-refractivity contribution in [3.05, 3.63) is 33.5 Å². The highest BCUT2D eigenvalue weighted by atomic mass is 16.6. The first kappa shape index (κ1) is 13.6. The number of ether oxygens (including phenoxy) is 1. The fraction of sp³-hybridized carbons (Fsp3) is 0.400. The van der Waals surface area contributed by atoms with Crippen molar-refractivity contribution >= 4 is 22.4 Å². The van der Waals surface area contributed by atoms with Gasteiger partial charge in [0.2, 0.25) is 0 Å². The molecule has 0 amide bonds. The van der Waals surface area contributed by atoms with E-state index < -0.39 is 4.92 Å². The lowest BCUT2D eigenvalue weighted by molar-refractivity contribution is -0.383. The molecule has 1 N–H and O–H groups in total. The number of nitrogens with zero attached hydrogens (tertiary/aromatic N) is 1. The van der Waals surface area contributed by atoms with Crippen LogP contribution in [0, 0.1) is 15.5 Å². The van der Waals surface area contributed by atoms with Gasteiger partial charge in [-0.05, 0) is 17.9 Å². The number of nitrogens with one attached hydrogen (secondary N) is 1. The Kier molecular flexibility index (Phi) is 2.79. The number of carbonyl (C=O) groups is 1. The number of hydrogen-bond acceptors (Lipinski definition) is 4. The van der Waals surface area contributed by atoms with Crippen molar-refractivity contribution in [3.8, 4) is 5.75 Å². The predicted molar refractivity (Wildman–Crippen MR) is 77.9 cm³/mol. The first-order valence-corrected chi connectivity index (χ1v) is 6.72. The highest BCUT2D eigenvalue weighted by Gasteiger charge is 2.35. The van der Waals surface area contributed by atoms with Crippen LogP contribution in [0.1, 0.15) is 36.3 Å². The number of nitro benzene ring substituents is 1. The molecule has 6 nitrogen and oxygen atoms in total. The molecule has 0 saturated heterocycles. The molecule has 0 atom stereocenters. The maximum absolute atomic E-state index is 12.4. The largest absolute Gasteiger partial charge is 0.496 e. The van der Waals surface area contributed by atoms with Gasteiger partial charge >= 0.3 is 0 Å². The summed E-state index contributed by atoms with van der Waals surface area (Å²) in [6.07, 6.45) is 1.14. The van der Waals surface area contributed by atoms with E-state index >= 15 is 0 Å². The van der Waals surface area contributed by atoms with E-state index in [-0.39, 0.29) is 16.9 Å². The van der Waals surface area contributed by atoms with Crippen LogP contribution in [0.3, 0.4) is 0 Å². The van der Waals surface area contributed by atoms with Crippen LogP contribution in [0.2, 0.25) is 0 Å². The van der Waals surface area contributed by atoms with Gasteiger partial charge in [0.1, 0.15) is 11.3 Å². The number of aromatic amines is 1. The summed E-state index contributed by atoms with van der Waals surface area (Å²) in [5.41, 5.74) is 1.55. The second-order valence-electron chi connectivity index (χ2n) is 6.25. The number of H-pyrrole nitrogens is 1.